The number of piperazine rings is 1. The van der Waals surface area contributed by atoms with Crippen LogP contribution in [0, 0.1) is 10.1 Å². The molecule has 1 fully saturated rings. The largest absolute Gasteiger partial charge is 0.352 e. The molecule has 0 atom stereocenters. The summed E-state index contributed by atoms with van der Waals surface area (Å²) in [6.07, 6.45) is 4.27. The SMILES string of the molecule is O=C(NCCCN1CCN(c2ncccn2)CC1)c1ccccc1[N+](=O)[O-]. The predicted octanol–water partition coefficient (Wildman–Crippen LogP) is 1.33. The molecule has 0 unspecified atom stereocenters. The van der Waals surface area contributed by atoms with Crippen molar-refractivity contribution in [2.75, 3.05) is 44.2 Å². The third-order valence-corrected chi connectivity index (χ3v) is 4.49. The van der Waals surface area contributed by atoms with Crippen molar-refractivity contribution in [3.8, 4) is 0 Å². The maximum absolute atomic E-state index is 12.2. The number of nitrogens with one attached hydrogen (secondary N) is 1. The maximum atomic E-state index is 12.2. The Bertz CT molecular complexity index is 778. The van der Waals surface area contributed by atoms with Gasteiger partial charge in [0.2, 0.25) is 5.95 Å². The number of rotatable bonds is 7. The minimum absolute atomic E-state index is 0.0963. The molecule has 0 saturated carbocycles. The van der Waals surface area contributed by atoms with E-state index in [1.165, 1.54) is 12.1 Å². The molecule has 0 spiro atoms. The van der Waals surface area contributed by atoms with Crippen molar-refractivity contribution in [2.45, 2.75) is 6.42 Å². The minimum Gasteiger partial charge on any atom is -0.352 e. The van der Waals surface area contributed by atoms with Gasteiger partial charge in [-0.05, 0) is 25.1 Å². The molecule has 1 aromatic heterocycles. The second kappa shape index (κ2) is 9.04. The second-order valence-corrected chi connectivity index (χ2v) is 6.26. The van der Waals surface area contributed by atoms with E-state index in [0.717, 1.165) is 45.1 Å². The molecule has 2 heterocycles. The van der Waals surface area contributed by atoms with Gasteiger partial charge < -0.3 is 10.2 Å². The molecule has 3 rings (SSSR count). The van der Waals surface area contributed by atoms with Crippen LogP contribution in [0.15, 0.2) is 42.7 Å². The molecule has 142 valence electrons. The Morgan fingerprint density at radius 2 is 1.81 bits per heavy atom. The van der Waals surface area contributed by atoms with Gasteiger partial charge in [-0.25, -0.2) is 9.97 Å². The number of benzene rings is 1. The van der Waals surface area contributed by atoms with E-state index in [9.17, 15) is 14.9 Å². The summed E-state index contributed by atoms with van der Waals surface area (Å²) in [5.41, 5.74) is -0.0757. The molecule has 0 bridgehead atoms. The Balaban J connectivity index is 1.39. The first kappa shape index (κ1) is 18.7. The quantitative estimate of drug-likeness (QED) is 0.445. The lowest BCUT2D eigenvalue weighted by molar-refractivity contribution is -0.385. The number of anilines is 1. The van der Waals surface area contributed by atoms with Crippen LogP contribution in [0.5, 0.6) is 0 Å². The lowest BCUT2D eigenvalue weighted by atomic mass is 10.1. The van der Waals surface area contributed by atoms with Crippen LogP contribution < -0.4 is 10.2 Å². The summed E-state index contributed by atoms with van der Waals surface area (Å²) < 4.78 is 0. The molecule has 27 heavy (non-hydrogen) atoms. The molecule has 2 aromatic rings. The highest BCUT2D eigenvalue weighted by Crippen LogP contribution is 2.17. The molecular weight excluding hydrogens is 348 g/mol. The number of amides is 1. The summed E-state index contributed by atoms with van der Waals surface area (Å²) in [6.45, 7) is 4.90. The Hall–Kier alpha value is -3.07. The van der Waals surface area contributed by atoms with Gasteiger partial charge in [-0.15, -0.1) is 0 Å². The van der Waals surface area contributed by atoms with Crippen LogP contribution in [-0.2, 0) is 0 Å². The lowest BCUT2D eigenvalue weighted by Gasteiger charge is -2.34. The third-order valence-electron chi connectivity index (χ3n) is 4.49. The fourth-order valence-electron chi connectivity index (χ4n) is 3.05. The molecule has 9 nitrogen and oxygen atoms in total. The predicted molar refractivity (Wildman–Crippen MR) is 101 cm³/mol. The highest BCUT2D eigenvalue weighted by atomic mass is 16.6. The van der Waals surface area contributed by atoms with Crippen molar-refractivity contribution in [3.05, 3.63) is 58.4 Å². The van der Waals surface area contributed by atoms with E-state index >= 15 is 0 Å². The lowest BCUT2D eigenvalue weighted by Crippen LogP contribution is -2.47. The summed E-state index contributed by atoms with van der Waals surface area (Å²) in [5, 5.41) is 13.8. The Morgan fingerprint density at radius 3 is 2.52 bits per heavy atom. The average Bonchev–Trinajstić information content (AvgIpc) is 2.72. The standard InChI is InChI=1S/C18H22N6O3/c25-17(15-5-1-2-6-16(15)24(26)27)19-9-4-10-22-11-13-23(14-12-22)18-20-7-3-8-21-18/h1-3,5-8H,4,9-14H2,(H,19,25). The van der Waals surface area contributed by atoms with Gasteiger partial charge >= 0.3 is 0 Å². The number of hydrogen-bond donors (Lipinski definition) is 1. The first-order valence-corrected chi connectivity index (χ1v) is 8.91. The summed E-state index contributed by atoms with van der Waals surface area (Å²) in [4.78, 5) is 35.7. The number of hydrogen-bond acceptors (Lipinski definition) is 7. The van der Waals surface area contributed by atoms with E-state index in [0.29, 0.717) is 6.54 Å². The molecule has 1 aliphatic heterocycles. The summed E-state index contributed by atoms with van der Waals surface area (Å²) in [6, 6.07) is 7.79. The number of carbonyl (C=O) groups excluding carboxylic acids is 1. The van der Waals surface area contributed by atoms with Gasteiger partial charge in [-0.2, -0.15) is 0 Å². The normalized spacial score (nSPS) is 14.7. The van der Waals surface area contributed by atoms with E-state index in [1.807, 2.05) is 0 Å². The van der Waals surface area contributed by atoms with Crippen molar-refractivity contribution >= 4 is 17.5 Å². The smallest absolute Gasteiger partial charge is 0.282 e. The fraction of sp³-hybridized carbons (Fsp3) is 0.389. The Morgan fingerprint density at radius 1 is 1.11 bits per heavy atom. The molecular formula is C18H22N6O3. The van der Waals surface area contributed by atoms with Crippen LogP contribution in [0.1, 0.15) is 16.8 Å². The first-order valence-electron chi connectivity index (χ1n) is 8.91. The molecule has 1 aromatic carbocycles. The van der Waals surface area contributed by atoms with Gasteiger partial charge in [0.1, 0.15) is 5.56 Å². The minimum atomic E-state index is -0.537. The number of para-hydroxylation sites is 1. The molecule has 1 N–H and O–H groups in total. The van der Waals surface area contributed by atoms with E-state index in [-0.39, 0.29) is 11.3 Å². The van der Waals surface area contributed by atoms with Crippen LogP contribution in [0.2, 0.25) is 0 Å². The van der Waals surface area contributed by atoms with E-state index in [2.05, 4.69) is 25.1 Å². The highest BCUT2D eigenvalue weighted by Gasteiger charge is 2.20. The van der Waals surface area contributed by atoms with E-state index in [4.69, 9.17) is 0 Å². The van der Waals surface area contributed by atoms with Gasteiger partial charge in [0.15, 0.2) is 0 Å². The second-order valence-electron chi connectivity index (χ2n) is 6.26. The average molecular weight is 370 g/mol. The summed E-state index contributed by atoms with van der Waals surface area (Å²) >= 11 is 0. The monoisotopic (exact) mass is 370 g/mol. The van der Waals surface area contributed by atoms with Crippen LogP contribution in [0.3, 0.4) is 0 Å². The number of nitro benzene ring substituents is 1. The molecule has 0 radical (unpaired) electrons. The zero-order chi connectivity index (χ0) is 19.1. The molecule has 1 saturated heterocycles. The number of nitro groups is 1. The van der Waals surface area contributed by atoms with Crippen molar-refractivity contribution in [1.29, 1.82) is 0 Å². The van der Waals surface area contributed by atoms with Crippen LogP contribution in [-0.4, -0.2) is 65.0 Å². The van der Waals surface area contributed by atoms with Gasteiger partial charge in [-0.1, -0.05) is 12.1 Å². The van der Waals surface area contributed by atoms with E-state index < -0.39 is 10.8 Å². The summed E-state index contributed by atoms with van der Waals surface area (Å²) in [5.74, 6) is 0.349. The summed E-state index contributed by atoms with van der Waals surface area (Å²) in [7, 11) is 0. The molecule has 9 heteroatoms. The fourth-order valence-corrected chi connectivity index (χ4v) is 3.05. The Labute approximate surface area is 157 Å². The zero-order valence-electron chi connectivity index (χ0n) is 15.0. The first-order chi connectivity index (χ1) is 13.1. The number of nitrogens with zero attached hydrogens (tertiary/aromatic N) is 5. The molecule has 1 aliphatic rings. The van der Waals surface area contributed by atoms with Crippen LogP contribution in [0.25, 0.3) is 0 Å². The van der Waals surface area contributed by atoms with Crippen molar-refractivity contribution in [2.24, 2.45) is 0 Å². The van der Waals surface area contributed by atoms with Crippen LogP contribution >= 0.6 is 0 Å². The molecule has 1 amide bonds. The number of aromatic nitrogens is 2. The van der Waals surface area contributed by atoms with E-state index in [1.54, 1.807) is 30.6 Å². The maximum Gasteiger partial charge on any atom is 0.282 e. The topological polar surface area (TPSA) is 104 Å². The zero-order valence-corrected chi connectivity index (χ0v) is 15.0. The van der Waals surface area contributed by atoms with Crippen molar-refractivity contribution in [3.63, 3.8) is 0 Å². The van der Waals surface area contributed by atoms with Gasteiger partial charge in [-0.3, -0.25) is 19.8 Å². The van der Waals surface area contributed by atoms with Gasteiger partial charge in [0.25, 0.3) is 11.6 Å². The van der Waals surface area contributed by atoms with Gasteiger partial charge in [0, 0.05) is 51.2 Å². The van der Waals surface area contributed by atoms with Crippen molar-refractivity contribution < 1.29 is 9.72 Å². The van der Waals surface area contributed by atoms with Crippen LogP contribution in [0.4, 0.5) is 11.6 Å². The number of carbonyl (C=O) groups is 1. The Kier molecular flexibility index (Phi) is 6.26. The highest BCUT2D eigenvalue weighted by molar-refractivity contribution is 5.98. The van der Waals surface area contributed by atoms with Crippen molar-refractivity contribution in [1.82, 2.24) is 20.2 Å². The molecule has 0 aliphatic carbocycles. The third kappa shape index (κ3) is 4.98. The van der Waals surface area contributed by atoms with Gasteiger partial charge in [0.05, 0.1) is 4.92 Å².